The minimum atomic E-state index is -1.04. The lowest BCUT2D eigenvalue weighted by molar-refractivity contribution is 0.0690. The van der Waals surface area contributed by atoms with E-state index in [0.717, 1.165) is 5.56 Å². The van der Waals surface area contributed by atoms with Crippen molar-refractivity contribution in [1.82, 2.24) is 4.90 Å². The molecule has 1 aliphatic rings. The maximum Gasteiger partial charge on any atom is 0.339 e. The molecular formula is C16H21NO4. The van der Waals surface area contributed by atoms with Crippen LogP contribution < -0.4 is 4.74 Å². The second-order valence-corrected chi connectivity index (χ2v) is 6.47. The Bertz CT molecular complexity index is 587. The van der Waals surface area contributed by atoms with Crippen LogP contribution in [0.1, 0.15) is 54.0 Å². The first-order valence-electron chi connectivity index (χ1n) is 7.05. The molecule has 0 aromatic heterocycles. The second kappa shape index (κ2) is 5.39. The van der Waals surface area contributed by atoms with Gasteiger partial charge in [0.15, 0.2) is 0 Å². The summed E-state index contributed by atoms with van der Waals surface area (Å²) < 4.78 is 5.36. The molecule has 0 atom stereocenters. The van der Waals surface area contributed by atoms with Crippen molar-refractivity contribution in [3.63, 3.8) is 0 Å². The van der Waals surface area contributed by atoms with Gasteiger partial charge in [-0.2, -0.15) is 0 Å². The van der Waals surface area contributed by atoms with Crippen molar-refractivity contribution < 1.29 is 19.4 Å². The van der Waals surface area contributed by atoms with Crippen molar-refractivity contribution in [1.29, 1.82) is 0 Å². The van der Waals surface area contributed by atoms with Crippen LogP contribution in [0.25, 0.3) is 0 Å². The predicted octanol–water partition coefficient (Wildman–Crippen LogP) is 2.79. The first-order chi connectivity index (χ1) is 9.73. The van der Waals surface area contributed by atoms with E-state index in [1.165, 1.54) is 0 Å². The van der Waals surface area contributed by atoms with Crippen LogP contribution in [0.5, 0.6) is 5.75 Å². The third-order valence-corrected chi connectivity index (χ3v) is 3.28. The molecule has 0 aliphatic carbocycles. The Labute approximate surface area is 124 Å². The normalized spacial score (nSPS) is 14.3. The number of nitrogens with zero attached hydrogens (tertiary/aromatic N) is 1. The van der Waals surface area contributed by atoms with Crippen LogP contribution in [-0.4, -0.2) is 35.0 Å². The molecule has 1 N–H and O–H groups in total. The number of carbonyl (C=O) groups excluding carboxylic acids is 1. The van der Waals surface area contributed by atoms with Crippen molar-refractivity contribution in [2.24, 2.45) is 5.41 Å². The van der Waals surface area contributed by atoms with Crippen LogP contribution in [0.4, 0.5) is 0 Å². The SMILES string of the molecule is CCOc1cc2c(cc1C(=O)O)CN(CC(C)(C)C)C2=O. The quantitative estimate of drug-likeness (QED) is 0.926. The number of hydrogen-bond acceptors (Lipinski definition) is 3. The summed E-state index contributed by atoms with van der Waals surface area (Å²) in [5, 5.41) is 9.26. The van der Waals surface area contributed by atoms with E-state index in [0.29, 0.717) is 25.3 Å². The van der Waals surface area contributed by atoms with Crippen LogP contribution >= 0.6 is 0 Å². The predicted molar refractivity (Wildman–Crippen MR) is 78.8 cm³/mol. The van der Waals surface area contributed by atoms with Gasteiger partial charge >= 0.3 is 5.97 Å². The fraction of sp³-hybridized carbons (Fsp3) is 0.500. The van der Waals surface area contributed by atoms with E-state index in [2.05, 4.69) is 20.8 Å². The zero-order valence-electron chi connectivity index (χ0n) is 12.9. The molecule has 114 valence electrons. The van der Waals surface area contributed by atoms with Gasteiger partial charge in [0.2, 0.25) is 0 Å². The average Bonchev–Trinajstić information content (AvgIpc) is 2.64. The number of rotatable bonds is 4. The molecule has 1 amide bonds. The number of amides is 1. The Morgan fingerprint density at radius 2 is 2.05 bits per heavy atom. The van der Waals surface area contributed by atoms with Crippen molar-refractivity contribution in [3.05, 3.63) is 28.8 Å². The van der Waals surface area contributed by atoms with Crippen molar-refractivity contribution in [2.75, 3.05) is 13.2 Å². The molecule has 1 aromatic rings. The summed E-state index contributed by atoms with van der Waals surface area (Å²) in [6.45, 7) is 9.43. The zero-order chi connectivity index (χ0) is 15.8. The summed E-state index contributed by atoms with van der Waals surface area (Å²) >= 11 is 0. The van der Waals surface area contributed by atoms with Gasteiger partial charge in [0.1, 0.15) is 11.3 Å². The number of benzene rings is 1. The number of carbonyl (C=O) groups is 2. The maximum atomic E-state index is 12.4. The number of hydrogen-bond donors (Lipinski definition) is 1. The molecule has 0 spiro atoms. The fourth-order valence-electron chi connectivity index (χ4n) is 2.54. The minimum Gasteiger partial charge on any atom is -0.493 e. The third-order valence-electron chi connectivity index (χ3n) is 3.28. The smallest absolute Gasteiger partial charge is 0.339 e. The topological polar surface area (TPSA) is 66.8 Å². The Kier molecular flexibility index (Phi) is 3.94. The monoisotopic (exact) mass is 291 g/mol. The molecule has 5 nitrogen and oxygen atoms in total. The Morgan fingerprint density at radius 1 is 1.38 bits per heavy atom. The number of carboxylic acids is 1. The molecule has 0 radical (unpaired) electrons. The second-order valence-electron chi connectivity index (χ2n) is 6.47. The van der Waals surface area contributed by atoms with E-state index >= 15 is 0 Å². The van der Waals surface area contributed by atoms with Crippen LogP contribution in [0.2, 0.25) is 0 Å². The lowest BCUT2D eigenvalue weighted by atomic mass is 9.96. The van der Waals surface area contributed by atoms with Crippen LogP contribution in [0.15, 0.2) is 12.1 Å². The van der Waals surface area contributed by atoms with Crippen LogP contribution in [0, 0.1) is 5.41 Å². The summed E-state index contributed by atoms with van der Waals surface area (Å²) in [6, 6.07) is 3.12. The molecule has 0 saturated heterocycles. The van der Waals surface area contributed by atoms with Crippen LogP contribution in [-0.2, 0) is 6.54 Å². The molecule has 21 heavy (non-hydrogen) atoms. The van der Waals surface area contributed by atoms with E-state index in [1.54, 1.807) is 24.0 Å². The Hall–Kier alpha value is -2.04. The summed E-state index contributed by atoms with van der Waals surface area (Å²) in [4.78, 5) is 25.5. The van der Waals surface area contributed by atoms with E-state index in [-0.39, 0.29) is 22.6 Å². The molecule has 1 aliphatic heterocycles. The fourth-order valence-corrected chi connectivity index (χ4v) is 2.54. The van der Waals surface area contributed by atoms with Crippen molar-refractivity contribution >= 4 is 11.9 Å². The molecule has 0 unspecified atom stereocenters. The highest BCUT2D eigenvalue weighted by molar-refractivity contribution is 6.01. The van der Waals surface area contributed by atoms with Crippen LogP contribution in [0.3, 0.4) is 0 Å². The standard InChI is InChI=1S/C16H21NO4/c1-5-21-13-7-11-10(6-12(13)15(19)20)8-17(14(11)18)9-16(2,3)4/h6-7H,5,8-9H2,1-4H3,(H,19,20). The molecular weight excluding hydrogens is 270 g/mol. The largest absolute Gasteiger partial charge is 0.493 e. The molecule has 2 rings (SSSR count). The Balaban J connectivity index is 2.38. The number of carboxylic acid groups (broad SMARTS) is 1. The van der Waals surface area contributed by atoms with Gasteiger partial charge in [0, 0.05) is 18.7 Å². The van der Waals surface area contributed by atoms with Crippen molar-refractivity contribution in [3.8, 4) is 5.75 Å². The van der Waals surface area contributed by atoms with E-state index < -0.39 is 5.97 Å². The highest BCUT2D eigenvalue weighted by Crippen LogP contribution is 2.32. The number of aromatic carboxylic acids is 1. The van der Waals surface area contributed by atoms with Gasteiger partial charge in [0.05, 0.1) is 6.61 Å². The first-order valence-corrected chi connectivity index (χ1v) is 7.05. The summed E-state index contributed by atoms with van der Waals surface area (Å²) in [7, 11) is 0. The average molecular weight is 291 g/mol. The van der Waals surface area contributed by atoms with E-state index in [9.17, 15) is 14.7 Å². The lowest BCUT2D eigenvalue weighted by Gasteiger charge is -2.26. The number of fused-ring (bicyclic) bond motifs is 1. The molecule has 0 fully saturated rings. The molecule has 1 aromatic carbocycles. The first kappa shape index (κ1) is 15.4. The van der Waals surface area contributed by atoms with Gasteiger partial charge in [-0.05, 0) is 30.0 Å². The minimum absolute atomic E-state index is 0.00389. The highest BCUT2D eigenvalue weighted by atomic mass is 16.5. The summed E-state index contributed by atoms with van der Waals surface area (Å²) in [6.07, 6.45) is 0. The molecule has 1 heterocycles. The van der Waals surface area contributed by atoms with E-state index in [4.69, 9.17) is 4.74 Å². The van der Waals surface area contributed by atoms with Gasteiger partial charge in [-0.1, -0.05) is 20.8 Å². The molecule has 0 saturated carbocycles. The van der Waals surface area contributed by atoms with E-state index in [1.807, 2.05) is 0 Å². The lowest BCUT2D eigenvalue weighted by Crippen LogP contribution is -2.32. The summed E-state index contributed by atoms with van der Waals surface area (Å²) in [5.41, 5.74) is 1.41. The van der Waals surface area contributed by atoms with Crippen molar-refractivity contribution in [2.45, 2.75) is 34.2 Å². The van der Waals surface area contributed by atoms with Gasteiger partial charge in [-0.25, -0.2) is 4.79 Å². The number of ether oxygens (including phenoxy) is 1. The Morgan fingerprint density at radius 3 is 2.57 bits per heavy atom. The van der Waals surface area contributed by atoms with Gasteiger partial charge in [-0.3, -0.25) is 4.79 Å². The third kappa shape index (κ3) is 3.17. The molecule has 0 bridgehead atoms. The highest BCUT2D eigenvalue weighted by Gasteiger charge is 2.32. The summed E-state index contributed by atoms with van der Waals surface area (Å²) in [5.74, 6) is -0.838. The molecule has 5 heteroatoms. The maximum absolute atomic E-state index is 12.4. The van der Waals surface area contributed by atoms with Gasteiger partial charge in [-0.15, -0.1) is 0 Å². The van der Waals surface area contributed by atoms with Gasteiger partial charge in [0.25, 0.3) is 5.91 Å². The van der Waals surface area contributed by atoms with Gasteiger partial charge < -0.3 is 14.7 Å². The zero-order valence-corrected chi connectivity index (χ0v) is 12.9.